The number of ether oxygens (including phenoxy) is 1. The molecule has 0 atom stereocenters. The minimum absolute atomic E-state index is 0.0449. The van der Waals surface area contributed by atoms with Crippen LogP contribution in [0.4, 0.5) is 5.69 Å². The number of hydrogen-bond donors (Lipinski definition) is 0. The Labute approximate surface area is 129 Å². The van der Waals surface area contributed by atoms with E-state index in [1.165, 1.54) is 6.07 Å². The van der Waals surface area contributed by atoms with Crippen LogP contribution in [0, 0.1) is 25.0 Å². The predicted octanol–water partition coefficient (Wildman–Crippen LogP) is 3.65. The molecule has 0 unspecified atom stereocenters. The van der Waals surface area contributed by atoms with Gasteiger partial charge in [0, 0.05) is 11.6 Å². The van der Waals surface area contributed by atoms with E-state index in [1.807, 2.05) is 30.3 Å². The van der Waals surface area contributed by atoms with Crippen LogP contribution in [0.15, 0.2) is 42.5 Å². The molecule has 0 amide bonds. The van der Waals surface area contributed by atoms with Gasteiger partial charge in [0.1, 0.15) is 24.0 Å². The fraction of sp³-hybridized carbons (Fsp3) is 0.0714. The maximum atomic E-state index is 10.9. The highest BCUT2D eigenvalue weighted by Crippen LogP contribution is 2.25. The molecular weight excluding hydrogens is 371 g/mol. The third-order valence-electron chi connectivity index (χ3n) is 2.66. The Morgan fingerprint density at radius 2 is 2.00 bits per heavy atom. The van der Waals surface area contributed by atoms with E-state index in [9.17, 15) is 10.1 Å². The van der Waals surface area contributed by atoms with Crippen molar-refractivity contribution in [2.45, 2.75) is 6.61 Å². The van der Waals surface area contributed by atoms with Crippen LogP contribution in [-0.2, 0) is 6.61 Å². The molecule has 0 aliphatic heterocycles. The molecule has 5 nitrogen and oxygen atoms in total. The number of benzene rings is 2. The van der Waals surface area contributed by atoms with Gasteiger partial charge in [0.2, 0.25) is 0 Å². The minimum atomic E-state index is -0.561. The van der Waals surface area contributed by atoms with Crippen molar-refractivity contribution < 1.29 is 9.66 Å². The molecule has 0 saturated carbocycles. The molecule has 0 fully saturated rings. The molecule has 20 heavy (non-hydrogen) atoms. The zero-order valence-corrected chi connectivity index (χ0v) is 12.4. The fourth-order valence-electron chi connectivity index (χ4n) is 1.71. The van der Waals surface area contributed by atoms with E-state index in [1.54, 1.807) is 12.1 Å². The molecule has 0 bridgehead atoms. The van der Waals surface area contributed by atoms with E-state index in [0.29, 0.717) is 11.3 Å². The van der Waals surface area contributed by atoms with Gasteiger partial charge in [-0.2, -0.15) is 5.26 Å². The van der Waals surface area contributed by atoms with Crippen molar-refractivity contribution in [1.29, 1.82) is 5.26 Å². The quantitative estimate of drug-likeness (QED) is 0.461. The molecule has 0 heterocycles. The van der Waals surface area contributed by atoms with Gasteiger partial charge in [-0.1, -0.05) is 24.3 Å². The Morgan fingerprint density at radius 1 is 1.25 bits per heavy atom. The molecule has 100 valence electrons. The molecule has 0 radical (unpaired) electrons. The maximum absolute atomic E-state index is 10.9. The average molecular weight is 380 g/mol. The second kappa shape index (κ2) is 6.34. The summed E-state index contributed by atoms with van der Waals surface area (Å²) in [5, 5.41) is 20.0. The summed E-state index contributed by atoms with van der Waals surface area (Å²) < 4.78 is 6.56. The Hall–Kier alpha value is -2.14. The number of hydrogen-bond acceptors (Lipinski definition) is 4. The van der Waals surface area contributed by atoms with Gasteiger partial charge in [-0.15, -0.1) is 0 Å². The predicted molar refractivity (Wildman–Crippen MR) is 81.3 cm³/mol. The monoisotopic (exact) mass is 380 g/mol. The normalized spacial score (nSPS) is 9.80. The van der Waals surface area contributed by atoms with Gasteiger partial charge in [-0.25, -0.2) is 0 Å². The first-order valence-electron chi connectivity index (χ1n) is 5.67. The van der Waals surface area contributed by atoms with Crippen LogP contribution in [0.1, 0.15) is 11.1 Å². The maximum Gasteiger partial charge on any atom is 0.287 e. The van der Waals surface area contributed by atoms with E-state index < -0.39 is 4.92 Å². The van der Waals surface area contributed by atoms with Crippen molar-refractivity contribution in [2.75, 3.05) is 0 Å². The van der Waals surface area contributed by atoms with E-state index in [-0.39, 0.29) is 17.9 Å². The molecule has 0 aliphatic rings. The first-order valence-corrected chi connectivity index (χ1v) is 6.75. The second-order valence-corrected chi connectivity index (χ2v) is 5.06. The summed E-state index contributed by atoms with van der Waals surface area (Å²) in [5.41, 5.74) is 0.348. The van der Waals surface area contributed by atoms with E-state index in [0.717, 1.165) is 3.57 Å². The summed E-state index contributed by atoms with van der Waals surface area (Å²) in [6, 6.07) is 13.8. The van der Waals surface area contributed by atoms with Crippen LogP contribution in [-0.4, -0.2) is 4.92 Å². The Balaban J connectivity index is 2.27. The Morgan fingerprint density at radius 3 is 2.65 bits per heavy atom. The first kappa shape index (κ1) is 14.3. The number of nitro groups is 1. The van der Waals surface area contributed by atoms with Gasteiger partial charge < -0.3 is 4.74 Å². The third kappa shape index (κ3) is 3.05. The lowest BCUT2D eigenvalue weighted by atomic mass is 10.1. The van der Waals surface area contributed by atoms with Crippen molar-refractivity contribution in [1.82, 2.24) is 0 Å². The minimum Gasteiger partial charge on any atom is -0.488 e. The van der Waals surface area contributed by atoms with Gasteiger partial charge in [0.15, 0.2) is 0 Å². The summed E-state index contributed by atoms with van der Waals surface area (Å²) in [7, 11) is 0. The smallest absolute Gasteiger partial charge is 0.287 e. The van der Waals surface area contributed by atoms with E-state index in [4.69, 9.17) is 10.00 Å². The number of para-hydroxylation sites is 1. The summed E-state index contributed by atoms with van der Waals surface area (Å²) >= 11 is 2.14. The lowest BCUT2D eigenvalue weighted by Gasteiger charge is -2.09. The topological polar surface area (TPSA) is 76.2 Å². The lowest BCUT2D eigenvalue weighted by molar-refractivity contribution is -0.385. The van der Waals surface area contributed by atoms with Crippen LogP contribution in [0.5, 0.6) is 5.75 Å². The van der Waals surface area contributed by atoms with E-state index >= 15 is 0 Å². The highest BCUT2D eigenvalue weighted by molar-refractivity contribution is 14.1. The largest absolute Gasteiger partial charge is 0.488 e. The van der Waals surface area contributed by atoms with Crippen LogP contribution in [0.2, 0.25) is 0 Å². The van der Waals surface area contributed by atoms with Crippen molar-refractivity contribution in [2.24, 2.45) is 0 Å². The highest BCUT2D eigenvalue weighted by Gasteiger charge is 2.17. The highest BCUT2D eigenvalue weighted by atomic mass is 127. The molecule has 2 rings (SSSR count). The molecule has 6 heteroatoms. The van der Waals surface area contributed by atoms with Gasteiger partial charge >= 0.3 is 0 Å². The fourth-order valence-corrected chi connectivity index (χ4v) is 2.25. The van der Waals surface area contributed by atoms with Gasteiger partial charge in [0.25, 0.3) is 5.69 Å². The zero-order valence-electron chi connectivity index (χ0n) is 10.2. The molecule has 2 aromatic carbocycles. The Kier molecular flexibility index (Phi) is 4.53. The van der Waals surface area contributed by atoms with Crippen molar-refractivity contribution in [3.63, 3.8) is 0 Å². The standard InChI is InChI=1S/C14H9IN2O3/c15-12-5-1-2-7-14(12)20-9-10-4-3-6-13(17(18)19)11(10)8-16/h1-7H,9H2. The molecule has 0 saturated heterocycles. The molecule has 0 aliphatic carbocycles. The Bertz CT molecular complexity index is 695. The molecule has 0 N–H and O–H groups in total. The number of nitro benzene ring substituents is 1. The second-order valence-electron chi connectivity index (χ2n) is 3.90. The summed E-state index contributed by atoms with van der Waals surface area (Å²) in [6.07, 6.45) is 0. The van der Waals surface area contributed by atoms with Crippen molar-refractivity contribution in [3.8, 4) is 11.8 Å². The molecular formula is C14H9IN2O3. The zero-order chi connectivity index (χ0) is 14.5. The number of rotatable bonds is 4. The summed E-state index contributed by atoms with van der Waals surface area (Å²) in [4.78, 5) is 10.3. The van der Waals surface area contributed by atoms with Crippen LogP contribution in [0.3, 0.4) is 0 Å². The van der Waals surface area contributed by atoms with Crippen molar-refractivity contribution in [3.05, 3.63) is 67.3 Å². The van der Waals surface area contributed by atoms with Crippen LogP contribution >= 0.6 is 22.6 Å². The average Bonchev–Trinajstić information content (AvgIpc) is 2.45. The SMILES string of the molecule is N#Cc1c(COc2ccccc2I)cccc1[N+](=O)[O-]. The number of halogens is 1. The molecule has 0 aromatic heterocycles. The van der Waals surface area contributed by atoms with Crippen molar-refractivity contribution >= 4 is 28.3 Å². The summed E-state index contributed by atoms with van der Waals surface area (Å²) in [5.74, 6) is 0.684. The first-order chi connectivity index (χ1) is 9.63. The van der Waals surface area contributed by atoms with Crippen LogP contribution in [0.25, 0.3) is 0 Å². The third-order valence-corrected chi connectivity index (χ3v) is 3.55. The van der Waals surface area contributed by atoms with Gasteiger partial charge in [-0.3, -0.25) is 10.1 Å². The number of nitrogens with zero attached hydrogens (tertiary/aromatic N) is 2. The molecule has 2 aromatic rings. The molecule has 0 spiro atoms. The summed E-state index contributed by atoms with van der Waals surface area (Å²) in [6.45, 7) is 0.116. The van der Waals surface area contributed by atoms with Gasteiger partial charge in [-0.05, 0) is 34.7 Å². The lowest BCUT2D eigenvalue weighted by Crippen LogP contribution is -2.02. The van der Waals surface area contributed by atoms with Gasteiger partial charge in [0.05, 0.1) is 8.49 Å². The number of nitriles is 1. The van der Waals surface area contributed by atoms with E-state index in [2.05, 4.69) is 22.6 Å². The van der Waals surface area contributed by atoms with Crippen LogP contribution < -0.4 is 4.74 Å².